The van der Waals surface area contributed by atoms with Crippen molar-refractivity contribution in [3.8, 4) is 0 Å². The SMILES string of the molecule is CCC1COCCN1c1ccc([C@@H](C)N)cc1Cl. The van der Waals surface area contributed by atoms with Crippen molar-refractivity contribution in [2.75, 3.05) is 24.7 Å². The average Bonchev–Trinajstić information content (AvgIpc) is 2.38. The summed E-state index contributed by atoms with van der Waals surface area (Å²) < 4.78 is 5.52. The fourth-order valence-corrected chi connectivity index (χ4v) is 2.65. The van der Waals surface area contributed by atoms with Crippen LogP contribution in [0.2, 0.25) is 5.02 Å². The maximum Gasteiger partial charge on any atom is 0.0670 e. The lowest BCUT2D eigenvalue weighted by Gasteiger charge is -2.37. The smallest absolute Gasteiger partial charge is 0.0670 e. The molecule has 1 aliphatic heterocycles. The van der Waals surface area contributed by atoms with E-state index < -0.39 is 0 Å². The number of ether oxygens (including phenoxy) is 1. The Bertz CT molecular complexity index is 409. The van der Waals surface area contributed by atoms with Crippen LogP contribution in [0.3, 0.4) is 0 Å². The van der Waals surface area contributed by atoms with Crippen LogP contribution in [0.25, 0.3) is 0 Å². The molecule has 0 aliphatic carbocycles. The molecule has 1 fully saturated rings. The number of morpholine rings is 1. The summed E-state index contributed by atoms with van der Waals surface area (Å²) in [6.45, 7) is 6.59. The molecule has 100 valence electrons. The normalized spacial score (nSPS) is 22.0. The third kappa shape index (κ3) is 2.79. The Morgan fingerprint density at radius 1 is 1.56 bits per heavy atom. The highest BCUT2D eigenvalue weighted by Crippen LogP contribution is 2.31. The van der Waals surface area contributed by atoms with Crippen LogP contribution in [-0.2, 0) is 4.74 Å². The van der Waals surface area contributed by atoms with Gasteiger partial charge in [-0.2, -0.15) is 0 Å². The highest BCUT2D eigenvalue weighted by atomic mass is 35.5. The molecule has 2 N–H and O–H groups in total. The van der Waals surface area contributed by atoms with Crippen molar-refractivity contribution in [2.24, 2.45) is 5.73 Å². The lowest BCUT2D eigenvalue weighted by molar-refractivity contribution is 0.0930. The molecule has 2 rings (SSSR count). The molecule has 18 heavy (non-hydrogen) atoms. The van der Waals surface area contributed by atoms with E-state index in [-0.39, 0.29) is 6.04 Å². The Balaban J connectivity index is 2.26. The van der Waals surface area contributed by atoms with Crippen LogP contribution >= 0.6 is 11.6 Å². The van der Waals surface area contributed by atoms with Crippen LogP contribution in [0, 0.1) is 0 Å². The van der Waals surface area contributed by atoms with Crippen molar-refractivity contribution in [1.82, 2.24) is 0 Å². The van der Waals surface area contributed by atoms with Gasteiger partial charge >= 0.3 is 0 Å². The van der Waals surface area contributed by atoms with Crippen LogP contribution in [0.15, 0.2) is 18.2 Å². The van der Waals surface area contributed by atoms with Gasteiger partial charge in [0.05, 0.1) is 30.0 Å². The molecule has 0 radical (unpaired) electrons. The molecule has 1 aromatic rings. The molecule has 3 nitrogen and oxygen atoms in total. The molecule has 0 spiro atoms. The topological polar surface area (TPSA) is 38.5 Å². The zero-order valence-corrected chi connectivity index (χ0v) is 11.8. The summed E-state index contributed by atoms with van der Waals surface area (Å²) in [6.07, 6.45) is 1.06. The molecule has 0 saturated carbocycles. The summed E-state index contributed by atoms with van der Waals surface area (Å²) in [5, 5.41) is 0.783. The molecule has 1 heterocycles. The monoisotopic (exact) mass is 268 g/mol. The average molecular weight is 269 g/mol. The molecule has 0 aromatic heterocycles. The molecule has 1 saturated heterocycles. The number of nitrogens with two attached hydrogens (primary N) is 1. The van der Waals surface area contributed by atoms with E-state index in [1.165, 1.54) is 0 Å². The van der Waals surface area contributed by atoms with Gasteiger partial charge in [0.1, 0.15) is 0 Å². The summed E-state index contributed by atoms with van der Waals surface area (Å²) in [6, 6.07) is 6.55. The minimum atomic E-state index is 0.0169. The van der Waals surface area contributed by atoms with E-state index in [1.807, 2.05) is 13.0 Å². The Morgan fingerprint density at radius 3 is 2.94 bits per heavy atom. The molecule has 4 heteroatoms. The van der Waals surface area contributed by atoms with Gasteiger partial charge in [0.15, 0.2) is 0 Å². The van der Waals surface area contributed by atoms with Crippen molar-refractivity contribution in [2.45, 2.75) is 32.4 Å². The quantitative estimate of drug-likeness (QED) is 0.916. The number of benzene rings is 1. The van der Waals surface area contributed by atoms with Crippen LogP contribution in [-0.4, -0.2) is 25.8 Å². The van der Waals surface area contributed by atoms with Crippen LogP contribution in [0.1, 0.15) is 31.9 Å². The molecule has 0 amide bonds. The Kier molecular flexibility index (Phi) is 4.49. The Labute approximate surface area is 114 Å². The lowest BCUT2D eigenvalue weighted by Crippen LogP contribution is -2.45. The van der Waals surface area contributed by atoms with E-state index in [1.54, 1.807) is 0 Å². The van der Waals surface area contributed by atoms with Gasteiger partial charge in [-0.15, -0.1) is 0 Å². The van der Waals surface area contributed by atoms with Crippen molar-refractivity contribution in [1.29, 1.82) is 0 Å². The first-order chi connectivity index (χ1) is 8.63. The number of rotatable bonds is 3. The van der Waals surface area contributed by atoms with Crippen molar-refractivity contribution >= 4 is 17.3 Å². The standard InChI is InChI=1S/C14H21ClN2O/c1-3-12-9-18-7-6-17(12)14-5-4-11(10(2)16)8-13(14)15/h4-5,8,10,12H,3,6-7,9,16H2,1-2H3/t10-,12?/m1/s1. The van der Waals surface area contributed by atoms with Gasteiger partial charge in [-0.3, -0.25) is 0 Å². The largest absolute Gasteiger partial charge is 0.377 e. The highest BCUT2D eigenvalue weighted by Gasteiger charge is 2.23. The second-order valence-corrected chi connectivity index (χ2v) is 5.24. The third-order valence-corrected chi connectivity index (χ3v) is 3.81. The molecule has 2 atom stereocenters. The summed E-state index contributed by atoms with van der Waals surface area (Å²) in [5.41, 5.74) is 8.04. The van der Waals surface area contributed by atoms with Gasteiger partial charge in [0, 0.05) is 12.6 Å². The predicted molar refractivity (Wildman–Crippen MR) is 76.3 cm³/mol. The van der Waals surface area contributed by atoms with Crippen molar-refractivity contribution in [3.05, 3.63) is 28.8 Å². The molecule has 1 aliphatic rings. The van der Waals surface area contributed by atoms with E-state index >= 15 is 0 Å². The first-order valence-corrected chi connectivity index (χ1v) is 6.90. The second kappa shape index (κ2) is 5.91. The number of anilines is 1. The van der Waals surface area contributed by atoms with E-state index in [0.29, 0.717) is 6.04 Å². The van der Waals surface area contributed by atoms with Crippen LogP contribution in [0.5, 0.6) is 0 Å². The summed E-state index contributed by atoms with van der Waals surface area (Å²) in [7, 11) is 0. The van der Waals surface area contributed by atoms with Crippen LogP contribution < -0.4 is 10.6 Å². The first-order valence-electron chi connectivity index (χ1n) is 6.53. The second-order valence-electron chi connectivity index (χ2n) is 4.83. The molecular weight excluding hydrogens is 248 g/mol. The number of halogens is 1. The molecular formula is C14H21ClN2O. The fourth-order valence-electron chi connectivity index (χ4n) is 2.35. The van der Waals surface area contributed by atoms with Gasteiger partial charge < -0.3 is 15.4 Å². The Hall–Kier alpha value is -0.770. The fraction of sp³-hybridized carbons (Fsp3) is 0.571. The minimum Gasteiger partial charge on any atom is -0.377 e. The maximum absolute atomic E-state index is 6.39. The van der Waals surface area contributed by atoms with E-state index in [2.05, 4.69) is 24.0 Å². The van der Waals surface area contributed by atoms with Gasteiger partial charge in [-0.25, -0.2) is 0 Å². The minimum absolute atomic E-state index is 0.0169. The van der Waals surface area contributed by atoms with Crippen molar-refractivity contribution < 1.29 is 4.74 Å². The van der Waals surface area contributed by atoms with E-state index in [0.717, 1.165) is 42.5 Å². The van der Waals surface area contributed by atoms with Gasteiger partial charge in [0.2, 0.25) is 0 Å². The zero-order valence-electron chi connectivity index (χ0n) is 11.0. The lowest BCUT2D eigenvalue weighted by atomic mass is 10.1. The van der Waals surface area contributed by atoms with E-state index in [9.17, 15) is 0 Å². The van der Waals surface area contributed by atoms with Crippen molar-refractivity contribution in [3.63, 3.8) is 0 Å². The molecule has 1 aromatic carbocycles. The number of hydrogen-bond acceptors (Lipinski definition) is 3. The van der Waals surface area contributed by atoms with Crippen LogP contribution in [0.4, 0.5) is 5.69 Å². The molecule has 1 unspecified atom stereocenters. The summed E-state index contributed by atoms with van der Waals surface area (Å²) >= 11 is 6.39. The zero-order chi connectivity index (χ0) is 13.1. The summed E-state index contributed by atoms with van der Waals surface area (Å²) in [5.74, 6) is 0. The van der Waals surface area contributed by atoms with Gasteiger partial charge in [-0.05, 0) is 31.0 Å². The predicted octanol–water partition coefficient (Wildman–Crippen LogP) is 2.97. The number of nitrogens with zero attached hydrogens (tertiary/aromatic N) is 1. The highest BCUT2D eigenvalue weighted by molar-refractivity contribution is 6.33. The number of hydrogen-bond donors (Lipinski definition) is 1. The Morgan fingerprint density at radius 2 is 2.33 bits per heavy atom. The molecule has 0 bridgehead atoms. The van der Waals surface area contributed by atoms with Gasteiger partial charge in [-0.1, -0.05) is 24.6 Å². The maximum atomic E-state index is 6.39. The summed E-state index contributed by atoms with van der Waals surface area (Å²) in [4.78, 5) is 2.34. The van der Waals surface area contributed by atoms with Gasteiger partial charge in [0.25, 0.3) is 0 Å². The third-order valence-electron chi connectivity index (χ3n) is 3.51. The first kappa shape index (κ1) is 13.7. The van der Waals surface area contributed by atoms with E-state index in [4.69, 9.17) is 22.1 Å².